The van der Waals surface area contributed by atoms with Crippen LogP contribution in [0.3, 0.4) is 0 Å². The van der Waals surface area contributed by atoms with Gasteiger partial charge in [-0.1, -0.05) is 176 Å². The fraction of sp³-hybridized carbons (Fsp3) is 0. The fourth-order valence-electron chi connectivity index (χ4n) is 8.66. The van der Waals surface area contributed by atoms with Crippen LogP contribution in [0.1, 0.15) is 0 Å². The largest absolute Gasteiger partial charge is 0.455 e. The molecule has 10 aromatic carbocycles. The molecule has 11 aromatic rings. The van der Waals surface area contributed by atoms with E-state index in [4.69, 9.17) is 4.42 Å². The normalized spacial score (nSPS) is 11.6. The van der Waals surface area contributed by atoms with Crippen molar-refractivity contribution in [3.8, 4) is 33.4 Å². The molecule has 0 aliphatic rings. The lowest BCUT2D eigenvalue weighted by Crippen LogP contribution is -2.12. The Kier molecular flexibility index (Phi) is 7.53. The van der Waals surface area contributed by atoms with Gasteiger partial charge in [-0.3, -0.25) is 0 Å². The summed E-state index contributed by atoms with van der Waals surface area (Å²) < 4.78 is 7.04. The summed E-state index contributed by atoms with van der Waals surface area (Å²) in [5, 5.41) is 9.31. The summed E-state index contributed by atoms with van der Waals surface area (Å²) in [6.45, 7) is 0. The number of furan rings is 1. The maximum atomic E-state index is 7.04. The van der Waals surface area contributed by atoms with E-state index in [1.54, 1.807) is 0 Å². The zero-order valence-electron chi connectivity index (χ0n) is 30.6. The fourth-order valence-corrected chi connectivity index (χ4v) is 8.66. The van der Waals surface area contributed by atoms with Gasteiger partial charge in [0.2, 0.25) is 0 Å². The Bertz CT molecular complexity index is 3130. The minimum Gasteiger partial charge on any atom is -0.455 e. The molecule has 56 heavy (non-hydrogen) atoms. The molecule has 2 heteroatoms. The van der Waals surface area contributed by atoms with Gasteiger partial charge >= 0.3 is 0 Å². The van der Waals surface area contributed by atoms with Crippen molar-refractivity contribution >= 4 is 71.3 Å². The predicted octanol–water partition coefficient (Wildman–Crippen LogP) is 15.5. The highest BCUT2D eigenvalue weighted by Crippen LogP contribution is 2.52. The van der Waals surface area contributed by atoms with Crippen LogP contribution in [-0.4, -0.2) is 0 Å². The van der Waals surface area contributed by atoms with Gasteiger partial charge < -0.3 is 9.32 Å². The summed E-state index contributed by atoms with van der Waals surface area (Å²) in [6.07, 6.45) is 0. The molecular formula is C54H35NO. The maximum Gasteiger partial charge on any atom is 0.143 e. The Hall–Kier alpha value is -7.42. The van der Waals surface area contributed by atoms with Crippen molar-refractivity contribution in [2.75, 3.05) is 4.90 Å². The summed E-state index contributed by atoms with van der Waals surface area (Å²) in [6, 6.07) is 76.4. The highest BCUT2D eigenvalue weighted by molar-refractivity contribution is 6.33. The zero-order chi connectivity index (χ0) is 37.0. The number of hydrogen-bond acceptors (Lipinski definition) is 2. The van der Waals surface area contributed by atoms with Crippen molar-refractivity contribution in [1.82, 2.24) is 0 Å². The summed E-state index contributed by atoms with van der Waals surface area (Å²) >= 11 is 0. The molecular weight excluding hydrogens is 679 g/mol. The Morgan fingerprint density at radius 1 is 0.304 bits per heavy atom. The van der Waals surface area contributed by atoms with Crippen molar-refractivity contribution < 1.29 is 4.42 Å². The van der Waals surface area contributed by atoms with Crippen LogP contribution in [-0.2, 0) is 0 Å². The zero-order valence-corrected chi connectivity index (χ0v) is 30.6. The molecule has 262 valence electrons. The minimum atomic E-state index is 0.854. The van der Waals surface area contributed by atoms with Crippen LogP contribution in [0, 0.1) is 0 Å². The topological polar surface area (TPSA) is 16.4 Å². The third kappa shape index (κ3) is 5.19. The van der Waals surface area contributed by atoms with Gasteiger partial charge in [-0.15, -0.1) is 0 Å². The van der Waals surface area contributed by atoms with Gasteiger partial charge in [-0.05, 0) is 91.1 Å². The first kappa shape index (κ1) is 32.0. The van der Waals surface area contributed by atoms with E-state index in [2.05, 4.69) is 217 Å². The van der Waals surface area contributed by atoms with Gasteiger partial charge in [-0.2, -0.15) is 0 Å². The molecule has 0 spiro atoms. The molecule has 0 radical (unpaired) electrons. The lowest BCUT2D eigenvalue weighted by atomic mass is 9.91. The molecule has 0 atom stereocenters. The third-order valence-electron chi connectivity index (χ3n) is 11.3. The monoisotopic (exact) mass is 713 g/mol. The molecule has 0 N–H and O–H groups in total. The smallest absolute Gasteiger partial charge is 0.143 e. The summed E-state index contributed by atoms with van der Waals surface area (Å²) in [5.41, 5.74) is 12.0. The lowest BCUT2D eigenvalue weighted by Gasteiger charge is -2.29. The third-order valence-corrected chi connectivity index (χ3v) is 11.3. The summed E-state index contributed by atoms with van der Waals surface area (Å²) in [4.78, 5) is 2.45. The van der Waals surface area contributed by atoms with Crippen LogP contribution in [0.4, 0.5) is 17.1 Å². The molecule has 1 aromatic heterocycles. The molecule has 1 heterocycles. The average Bonchev–Trinajstić information content (AvgIpc) is 3.68. The second-order valence-electron chi connectivity index (χ2n) is 14.4. The van der Waals surface area contributed by atoms with E-state index in [0.717, 1.165) is 50.0 Å². The molecule has 0 unspecified atom stereocenters. The molecule has 0 aliphatic heterocycles. The Balaban J connectivity index is 1.28. The van der Waals surface area contributed by atoms with Gasteiger partial charge in [0.15, 0.2) is 0 Å². The number of fused-ring (bicyclic) bond motifs is 9. The van der Waals surface area contributed by atoms with Crippen molar-refractivity contribution in [2.24, 2.45) is 0 Å². The van der Waals surface area contributed by atoms with Crippen molar-refractivity contribution in [1.29, 1.82) is 0 Å². The van der Waals surface area contributed by atoms with Crippen LogP contribution in [0.2, 0.25) is 0 Å². The van der Waals surface area contributed by atoms with E-state index in [9.17, 15) is 0 Å². The molecule has 0 saturated heterocycles. The summed E-state index contributed by atoms with van der Waals surface area (Å²) in [5.74, 6) is 0. The van der Waals surface area contributed by atoms with E-state index in [1.165, 1.54) is 54.7 Å². The van der Waals surface area contributed by atoms with Crippen molar-refractivity contribution in [3.63, 3.8) is 0 Å². The molecule has 0 bridgehead atoms. The first-order valence-corrected chi connectivity index (χ1v) is 19.2. The molecule has 2 nitrogen and oxygen atoms in total. The van der Waals surface area contributed by atoms with E-state index < -0.39 is 0 Å². The van der Waals surface area contributed by atoms with E-state index >= 15 is 0 Å². The van der Waals surface area contributed by atoms with Gasteiger partial charge in [0.25, 0.3) is 0 Å². The van der Waals surface area contributed by atoms with Gasteiger partial charge in [0.1, 0.15) is 11.2 Å². The second-order valence-corrected chi connectivity index (χ2v) is 14.4. The number of nitrogens with zero attached hydrogens (tertiary/aromatic N) is 1. The molecule has 0 amide bonds. The first-order valence-electron chi connectivity index (χ1n) is 19.2. The van der Waals surface area contributed by atoms with Crippen LogP contribution in [0.5, 0.6) is 0 Å². The van der Waals surface area contributed by atoms with Crippen molar-refractivity contribution in [3.05, 3.63) is 212 Å². The molecule has 0 aliphatic carbocycles. The Morgan fingerprint density at radius 3 is 1.41 bits per heavy atom. The molecule has 0 fully saturated rings. The Morgan fingerprint density at radius 2 is 0.786 bits per heavy atom. The van der Waals surface area contributed by atoms with Crippen molar-refractivity contribution in [2.45, 2.75) is 0 Å². The van der Waals surface area contributed by atoms with Crippen LogP contribution in [0.15, 0.2) is 217 Å². The second kappa shape index (κ2) is 13.2. The van der Waals surface area contributed by atoms with Crippen LogP contribution >= 0.6 is 0 Å². The molecule has 0 saturated carbocycles. The highest BCUT2D eigenvalue weighted by atomic mass is 16.3. The van der Waals surface area contributed by atoms with Gasteiger partial charge in [0.05, 0.1) is 11.1 Å². The quantitative estimate of drug-likeness (QED) is 0.160. The van der Waals surface area contributed by atoms with Gasteiger partial charge in [-0.25, -0.2) is 0 Å². The SMILES string of the molecule is c1ccc(-c2ccc(N(c3ccc(-c4ccccc4)cc3)c3c(-c4cccc5ccccc45)ccc4oc5c6ccccc6c6ccccc6c5c34)cc2)cc1. The van der Waals surface area contributed by atoms with E-state index in [-0.39, 0.29) is 0 Å². The standard InChI is InChI=1S/C54H35NO/c1-3-14-36(15-4-1)38-26-30-41(31-27-38)55(42-32-28-39(29-33-42)37-16-5-2-6-17-37)53-48(44-25-13-19-40-18-7-8-20-43(40)44)34-35-50-52(53)51-47-23-11-9-21-45(47)46-22-10-12-24-49(46)54(51)56-50/h1-35H. The minimum absolute atomic E-state index is 0.854. The van der Waals surface area contributed by atoms with Gasteiger partial charge in [0, 0.05) is 27.7 Å². The summed E-state index contributed by atoms with van der Waals surface area (Å²) in [7, 11) is 0. The number of anilines is 3. The lowest BCUT2D eigenvalue weighted by molar-refractivity contribution is 0.673. The number of benzene rings is 10. The maximum absolute atomic E-state index is 7.04. The Labute approximate surface area is 325 Å². The highest BCUT2D eigenvalue weighted by Gasteiger charge is 2.26. The molecule has 11 rings (SSSR count). The van der Waals surface area contributed by atoms with Crippen LogP contribution < -0.4 is 4.90 Å². The van der Waals surface area contributed by atoms with E-state index in [1.807, 2.05) is 0 Å². The number of hydrogen-bond donors (Lipinski definition) is 0. The first-order chi connectivity index (χ1) is 27.8. The average molecular weight is 714 g/mol. The number of rotatable bonds is 6. The predicted molar refractivity (Wildman–Crippen MR) is 237 cm³/mol. The van der Waals surface area contributed by atoms with Crippen LogP contribution in [0.25, 0.3) is 87.6 Å². The van der Waals surface area contributed by atoms with E-state index in [0.29, 0.717) is 0 Å².